The van der Waals surface area contributed by atoms with Gasteiger partial charge in [0, 0.05) is 26.0 Å². The summed E-state index contributed by atoms with van der Waals surface area (Å²) < 4.78 is 21.6. The normalized spacial score (nSPS) is 25.7. The number of rotatable bonds is 5. The number of likely N-dealkylation sites (N-methyl/N-ethyl adjacent to an activating group) is 1. The monoisotopic (exact) mass is 405 g/mol. The zero-order valence-corrected chi connectivity index (χ0v) is 16.7. The molecule has 0 bridgehead atoms. The van der Waals surface area contributed by atoms with Crippen LogP contribution in [0, 0.1) is 5.92 Å². The summed E-state index contributed by atoms with van der Waals surface area (Å²) in [6, 6.07) is 8.97. The van der Waals surface area contributed by atoms with Crippen molar-refractivity contribution in [1.82, 2.24) is 4.90 Å². The minimum Gasteiger partial charge on any atom is -0.425 e. The van der Waals surface area contributed by atoms with E-state index in [0.29, 0.717) is 12.8 Å². The SMILES string of the molecule is CC(OC(=O)C1COC(c2ccccc2)OC1)OC(=O)N(C)C1CCCCC1=O. The van der Waals surface area contributed by atoms with E-state index < -0.39 is 36.6 Å². The van der Waals surface area contributed by atoms with E-state index in [-0.39, 0.29) is 19.0 Å². The lowest BCUT2D eigenvalue weighted by Crippen LogP contribution is -2.45. The van der Waals surface area contributed by atoms with Crippen LogP contribution in [0.25, 0.3) is 0 Å². The van der Waals surface area contributed by atoms with Gasteiger partial charge in [0.05, 0.1) is 19.3 Å². The maximum atomic E-state index is 12.3. The first kappa shape index (κ1) is 21.3. The van der Waals surface area contributed by atoms with Gasteiger partial charge in [0.1, 0.15) is 5.92 Å². The highest BCUT2D eigenvalue weighted by Crippen LogP contribution is 2.25. The Bertz CT molecular complexity index is 715. The highest BCUT2D eigenvalue weighted by molar-refractivity contribution is 5.87. The largest absolute Gasteiger partial charge is 0.425 e. The number of carbonyl (C=O) groups excluding carboxylic acids is 3. The van der Waals surface area contributed by atoms with Crippen LogP contribution in [0.15, 0.2) is 30.3 Å². The third-order valence-electron chi connectivity index (χ3n) is 5.13. The summed E-state index contributed by atoms with van der Waals surface area (Å²) in [5.41, 5.74) is 0.877. The van der Waals surface area contributed by atoms with E-state index in [2.05, 4.69) is 0 Å². The van der Waals surface area contributed by atoms with Crippen molar-refractivity contribution in [3.05, 3.63) is 35.9 Å². The van der Waals surface area contributed by atoms with Gasteiger partial charge in [-0.15, -0.1) is 0 Å². The van der Waals surface area contributed by atoms with Gasteiger partial charge in [-0.25, -0.2) is 4.79 Å². The molecule has 1 saturated heterocycles. The maximum Gasteiger partial charge on any atom is 0.413 e. The predicted molar refractivity (Wildman–Crippen MR) is 102 cm³/mol. The molecule has 0 radical (unpaired) electrons. The summed E-state index contributed by atoms with van der Waals surface area (Å²) in [6.07, 6.45) is 0.551. The number of carbonyl (C=O) groups is 3. The zero-order chi connectivity index (χ0) is 20.8. The van der Waals surface area contributed by atoms with Gasteiger partial charge in [-0.05, 0) is 12.8 Å². The molecule has 8 nitrogen and oxygen atoms in total. The van der Waals surface area contributed by atoms with E-state index in [1.54, 1.807) is 0 Å². The van der Waals surface area contributed by atoms with Gasteiger partial charge in [-0.2, -0.15) is 0 Å². The zero-order valence-electron chi connectivity index (χ0n) is 16.7. The van der Waals surface area contributed by atoms with Crippen molar-refractivity contribution < 1.29 is 33.3 Å². The summed E-state index contributed by atoms with van der Waals surface area (Å²) >= 11 is 0. The molecule has 1 heterocycles. The fourth-order valence-corrected chi connectivity index (χ4v) is 3.45. The number of ether oxygens (including phenoxy) is 4. The molecular formula is C21H27NO7. The topological polar surface area (TPSA) is 91.4 Å². The second kappa shape index (κ2) is 9.84. The van der Waals surface area contributed by atoms with E-state index in [1.165, 1.54) is 18.9 Å². The summed E-state index contributed by atoms with van der Waals surface area (Å²) in [5, 5.41) is 0. The molecule has 0 N–H and O–H groups in total. The second-order valence-corrected chi connectivity index (χ2v) is 7.33. The highest BCUT2D eigenvalue weighted by atomic mass is 16.7. The standard InChI is InChI=1S/C21H27NO7/c1-14(29-21(25)22(2)17-10-6-7-11-18(17)23)28-19(24)16-12-26-20(27-13-16)15-8-4-3-5-9-15/h3-5,8-9,14,16-17,20H,6-7,10-13H2,1-2H3. The number of benzene rings is 1. The van der Waals surface area contributed by atoms with Crippen LogP contribution in [0.4, 0.5) is 4.79 Å². The molecule has 158 valence electrons. The van der Waals surface area contributed by atoms with Gasteiger partial charge in [-0.3, -0.25) is 9.59 Å². The Kier molecular flexibility index (Phi) is 7.22. The molecule has 1 aromatic rings. The third kappa shape index (κ3) is 5.55. The van der Waals surface area contributed by atoms with Gasteiger partial charge in [0.2, 0.25) is 6.29 Å². The van der Waals surface area contributed by atoms with Crippen LogP contribution < -0.4 is 0 Å². The fraction of sp³-hybridized carbons (Fsp3) is 0.571. The molecule has 2 atom stereocenters. The molecule has 0 spiro atoms. The minimum absolute atomic E-state index is 0.0322. The Labute approximate surface area is 170 Å². The average Bonchev–Trinajstić information content (AvgIpc) is 2.74. The molecule has 1 aromatic carbocycles. The molecule has 2 aliphatic rings. The lowest BCUT2D eigenvalue weighted by molar-refractivity contribution is -0.220. The molecular weight excluding hydrogens is 378 g/mol. The van der Waals surface area contributed by atoms with Gasteiger partial charge in [0.15, 0.2) is 12.1 Å². The van der Waals surface area contributed by atoms with E-state index in [0.717, 1.165) is 18.4 Å². The van der Waals surface area contributed by atoms with Crippen LogP contribution >= 0.6 is 0 Å². The van der Waals surface area contributed by atoms with Crippen LogP contribution in [0.1, 0.15) is 44.5 Å². The van der Waals surface area contributed by atoms with Crippen LogP contribution in [0.5, 0.6) is 0 Å². The minimum atomic E-state index is -1.08. The first-order chi connectivity index (χ1) is 14.0. The first-order valence-electron chi connectivity index (χ1n) is 9.90. The number of Topliss-reactive ketones (excluding diaryl/α,β-unsaturated/α-hetero) is 1. The Morgan fingerprint density at radius 1 is 1.10 bits per heavy atom. The molecule has 2 fully saturated rings. The smallest absolute Gasteiger partial charge is 0.413 e. The molecule has 2 unspecified atom stereocenters. The molecule has 8 heteroatoms. The number of hydrogen-bond donors (Lipinski definition) is 0. The maximum absolute atomic E-state index is 12.3. The Balaban J connectivity index is 1.43. The number of esters is 1. The molecule has 1 aliphatic heterocycles. The lowest BCUT2D eigenvalue weighted by atomic mass is 9.93. The summed E-state index contributed by atoms with van der Waals surface area (Å²) in [6.45, 7) is 1.76. The van der Waals surface area contributed by atoms with Gasteiger partial charge in [-0.1, -0.05) is 36.8 Å². The number of amides is 1. The summed E-state index contributed by atoms with van der Waals surface area (Å²) in [5.74, 6) is -1.13. The van der Waals surface area contributed by atoms with Crippen molar-refractivity contribution in [2.24, 2.45) is 5.92 Å². The van der Waals surface area contributed by atoms with Crippen molar-refractivity contribution in [2.75, 3.05) is 20.3 Å². The molecule has 0 aromatic heterocycles. The van der Waals surface area contributed by atoms with Crippen molar-refractivity contribution in [3.63, 3.8) is 0 Å². The van der Waals surface area contributed by atoms with Crippen molar-refractivity contribution in [3.8, 4) is 0 Å². The van der Waals surface area contributed by atoms with E-state index >= 15 is 0 Å². The summed E-state index contributed by atoms with van der Waals surface area (Å²) in [7, 11) is 1.53. The fourth-order valence-electron chi connectivity index (χ4n) is 3.45. The van der Waals surface area contributed by atoms with E-state index in [1.807, 2.05) is 30.3 Å². The molecule has 1 saturated carbocycles. The van der Waals surface area contributed by atoms with Crippen LogP contribution in [0.3, 0.4) is 0 Å². The molecule has 3 rings (SSSR count). The second-order valence-electron chi connectivity index (χ2n) is 7.33. The number of ketones is 1. The van der Waals surface area contributed by atoms with Gasteiger partial charge in [0.25, 0.3) is 0 Å². The van der Waals surface area contributed by atoms with E-state index in [9.17, 15) is 14.4 Å². The molecule has 1 amide bonds. The lowest BCUT2D eigenvalue weighted by Gasteiger charge is -2.31. The molecule has 29 heavy (non-hydrogen) atoms. The first-order valence-corrected chi connectivity index (χ1v) is 9.90. The average molecular weight is 405 g/mol. The van der Waals surface area contributed by atoms with Crippen LogP contribution in [-0.2, 0) is 28.5 Å². The van der Waals surface area contributed by atoms with E-state index in [4.69, 9.17) is 18.9 Å². The number of nitrogens with zero attached hydrogens (tertiary/aromatic N) is 1. The van der Waals surface area contributed by atoms with Crippen LogP contribution in [-0.4, -0.2) is 55.3 Å². The Hall–Kier alpha value is -2.45. The van der Waals surface area contributed by atoms with Gasteiger partial charge >= 0.3 is 12.1 Å². The van der Waals surface area contributed by atoms with Crippen LogP contribution in [0.2, 0.25) is 0 Å². The van der Waals surface area contributed by atoms with Crippen molar-refractivity contribution >= 4 is 17.8 Å². The quantitative estimate of drug-likeness (QED) is 0.549. The Morgan fingerprint density at radius 2 is 1.79 bits per heavy atom. The molecule has 1 aliphatic carbocycles. The van der Waals surface area contributed by atoms with Gasteiger partial charge < -0.3 is 23.8 Å². The van der Waals surface area contributed by atoms with Crippen molar-refractivity contribution in [2.45, 2.75) is 51.2 Å². The van der Waals surface area contributed by atoms with Crippen molar-refractivity contribution in [1.29, 1.82) is 0 Å². The summed E-state index contributed by atoms with van der Waals surface area (Å²) in [4.78, 5) is 37.8. The third-order valence-corrected chi connectivity index (χ3v) is 5.13. The highest BCUT2D eigenvalue weighted by Gasteiger charge is 2.33. The number of hydrogen-bond acceptors (Lipinski definition) is 7. The Morgan fingerprint density at radius 3 is 2.45 bits per heavy atom. The predicted octanol–water partition coefficient (Wildman–Crippen LogP) is 2.82.